The summed E-state index contributed by atoms with van der Waals surface area (Å²) in [4.78, 5) is 13.3. The molecule has 0 spiro atoms. The Morgan fingerprint density at radius 2 is 2.00 bits per heavy atom. The molecular formula is C22H26O2S. The summed E-state index contributed by atoms with van der Waals surface area (Å²) in [6.07, 6.45) is 15.2. The second-order valence-electron chi connectivity index (χ2n) is 8.23. The zero-order valence-corrected chi connectivity index (χ0v) is 15.5. The molecule has 0 amide bonds. The number of carbonyl (C=O) groups is 1. The lowest BCUT2D eigenvalue weighted by Gasteiger charge is -2.48. The number of fused-ring (bicyclic) bond motifs is 5. The first kappa shape index (κ1) is 15.9. The molecule has 0 saturated heterocycles. The summed E-state index contributed by atoms with van der Waals surface area (Å²) in [7, 11) is 0. The smallest absolute Gasteiger partial charge is 0.348 e. The van der Waals surface area contributed by atoms with Crippen molar-refractivity contribution >= 4 is 17.3 Å². The van der Waals surface area contributed by atoms with Crippen molar-refractivity contribution in [2.75, 3.05) is 0 Å². The van der Waals surface area contributed by atoms with Crippen molar-refractivity contribution < 1.29 is 9.53 Å². The lowest BCUT2D eigenvalue weighted by molar-refractivity contribution is -0.0157. The Bertz CT molecular complexity index is 714. The van der Waals surface area contributed by atoms with E-state index in [2.05, 4.69) is 12.2 Å². The molecule has 2 nitrogen and oxygen atoms in total. The number of ether oxygens (including phenoxy) is 1. The first-order valence-corrected chi connectivity index (χ1v) is 10.8. The molecule has 3 fully saturated rings. The maximum atomic E-state index is 12.5. The third kappa shape index (κ3) is 2.71. The van der Waals surface area contributed by atoms with Crippen molar-refractivity contribution in [3.8, 4) is 0 Å². The summed E-state index contributed by atoms with van der Waals surface area (Å²) < 4.78 is 6.08. The number of allylic oxidation sites excluding steroid dienone is 3. The van der Waals surface area contributed by atoms with Crippen LogP contribution in [0.4, 0.5) is 0 Å². The first-order valence-electron chi connectivity index (χ1n) is 9.96. The minimum atomic E-state index is -0.115. The molecule has 0 aliphatic heterocycles. The fourth-order valence-corrected chi connectivity index (χ4v) is 6.62. The Morgan fingerprint density at radius 1 is 1.04 bits per heavy atom. The molecule has 3 saturated carbocycles. The average Bonchev–Trinajstić information content (AvgIpc) is 3.33. The highest BCUT2D eigenvalue weighted by atomic mass is 32.1. The third-order valence-electron chi connectivity index (χ3n) is 7.05. The summed E-state index contributed by atoms with van der Waals surface area (Å²) in [5, 5.41) is 1.95. The summed E-state index contributed by atoms with van der Waals surface area (Å²) in [6.45, 7) is 0. The lowest BCUT2D eigenvalue weighted by atomic mass is 9.59. The zero-order chi connectivity index (χ0) is 16.8. The third-order valence-corrected chi connectivity index (χ3v) is 7.90. The van der Waals surface area contributed by atoms with Crippen molar-refractivity contribution in [3.05, 3.63) is 45.7 Å². The van der Waals surface area contributed by atoms with Crippen LogP contribution in [-0.4, -0.2) is 12.1 Å². The topological polar surface area (TPSA) is 26.3 Å². The van der Waals surface area contributed by atoms with Crippen molar-refractivity contribution in [1.82, 2.24) is 0 Å². The van der Waals surface area contributed by atoms with Gasteiger partial charge in [-0.2, -0.15) is 0 Å². The molecule has 1 heterocycles. The predicted octanol–water partition coefficient (Wildman–Crippen LogP) is 5.77. The van der Waals surface area contributed by atoms with Crippen LogP contribution < -0.4 is 0 Å². The minimum Gasteiger partial charge on any atom is -0.458 e. The van der Waals surface area contributed by atoms with Crippen molar-refractivity contribution in [2.24, 2.45) is 23.7 Å². The summed E-state index contributed by atoms with van der Waals surface area (Å²) in [5.74, 6) is 2.58. The van der Waals surface area contributed by atoms with E-state index in [-0.39, 0.29) is 12.1 Å². The van der Waals surface area contributed by atoms with Crippen LogP contribution in [0.2, 0.25) is 0 Å². The molecule has 0 aromatic carbocycles. The number of thiophene rings is 1. The molecule has 132 valence electrons. The molecule has 4 aliphatic rings. The van der Waals surface area contributed by atoms with Crippen LogP contribution >= 0.6 is 11.3 Å². The maximum Gasteiger partial charge on any atom is 0.348 e. The Hall–Kier alpha value is -1.35. The van der Waals surface area contributed by atoms with E-state index >= 15 is 0 Å². The van der Waals surface area contributed by atoms with Gasteiger partial charge in [0.1, 0.15) is 11.0 Å². The summed E-state index contributed by atoms with van der Waals surface area (Å²) in [6, 6.07) is 3.81. The molecule has 25 heavy (non-hydrogen) atoms. The molecule has 0 bridgehead atoms. The number of carbonyl (C=O) groups excluding carboxylic acids is 1. The van der Waals surface area contributed by atoms with Crippen LogP contribution in [0.5, 0.6) is 0 Å². The van der Waals surface area contributed by atoms with Crippen LogP contribution in [0.25, 0.3) is 0 Å². The molecule has 0 N–H and O–H groups in total. The standard InChI is InChI=1S/C22H26O2S/c23-22(20-8-3-13-25-20)24-19-7-2-5-15-10-11-17-16-6-1-4-14(16)9-12-18(17)21(15)19/h3,8-9,12-13,15-17,19,21H,1-2,4-7,10-11H2. The Labute approximate surface area is 154 Å². The Balaban J connectivity index is 1.42. The van der Waals surface area contributed by atoms with Gasteiger partial charge in [0.05, 0.1) is 0 Å². The molecule has 3 heteroatoms. The van der Waals surface area contributed by atoms with E-state index in [1.54, 1.807) is 11.1 Å². The number of rotatable bonds is 2. The quantitative estimate of drug-likeness (QED) is 0.631. The highest BCUT2D eigenvalue weighted by Gasteiger charge is 2.46. The van der Waals surface area contributed by atoms with Crippen LogP contribution in [0.15, 0.2) is 40.8 Å². The molecule has 1 aromatic heterocycles. The highest BCUT2D eigenvalue weighted by Crippen LogP contribution is 2.54. The number of hydrogen-bond acceptors (Lipinski definition) is 3. The van der Waals surface area contributed by atoms with Crippen LogP contribution in [0.1, 0.15) is 61.0 Å². The molecule has 1 aromatic rings. The van der Waals surface area contributed by atoms with Crippen LogP contribution in [-0.2, 0) is 4.74 Å². The SMILES string of the molecule is O=C(OC1CCCC2CCC3C(=CC=C4CCCC43)C21)c1cccs1. The maximum absolute atomic E-state index is 12.5. The number of hydrogen-bond donors (Lipinski definition) is 0. The summed E-state index contributed by atoms with van der Waals surface area (Å²) >= 11 is 1.49. The fourth-order valence-electron chi connectivity index (χ4n) is 6.02. The van der Waals surface area contributed by atoms with Gasteiger partial charge in [0.2, 0.25) is 0 Å². The molecule has 4 aliphatic carbocycles. The van der Waals surface area contributed by atoms with E-state index in [4.69, 9.17) is 4.74 Å². The van der Waals surface area contributed by atoms with Gasteiger partial charge >= 0.3 is 5.97 Å². The van der Waals surface area contributed by atoms with E-state index in [0.29, 0.717) is 11.8 Å². The van der Waals surface area contributed by atoms with Gasteiger partial charge < -0.3 is 4.74 Å². The van der Waals surface area contributed by atoms with E-state index in [1.807, 2.05) is 17.5 Å². The van der Waals surface area contributed by atoms with E-state index in [1.165, 1.54) is 56.3 Å². The van der Waals surface area contributed by atoms with Gasteiger partial charge in [-0.1, -0.05) is 29.4 Å². The van der Waals surface area contributed by atoms with Gasteiger partial charge in [-0.15, -0.1) is 11.3 Å². The molecule has 0 radical (unpaired) electrons. The van der Waals surface area contributed by atoms with E-state index in [9.17, 15) is 4.79 Å². The minimum absolute atomic E-state index is 0.0822. The number of esters is 1. The second kappa shape index (κ2) is 6.42. The molecule has 5 rings (SSSR count). The van der Waals surface area contributed by atoms with Gasteiger partial charge in [0, 0.05) is 5.92 Å². The van der Waals surface area contributed by atoms with Crippen LogP contribution in [0, 0.1) is 23.7 Å². The predicted molar refractivity (Wildman–Crippen MR) is 101 cm³/mol. The highest BCUT2D eigenvalue weighted by molar-refractivity contribution is 7.11. The monoisotopic (exact) mass is 354 g/mol. The van der Waals surface area contributed by atoms with Crippen molar-refractivity contribution in [3.63, 3.8) is 0 Å². The molecular weight excluding hydrogens is 328 g/mol. The molecule has 5 atom stereocenters. The van der Waals surface area contributed by atoms with E-state index in [0.717, 1.165) is 23.1 Å². The second-order valence-corrected chi connectivity index (χ2v) is 9.18. The first-order chi connectivity index (χ1) is 12.3. The normalized spacial score (nSPS) is 36.6. The van der Waals surface area contributed by atoms with Gasteiger partial charge in [-0.05, 0) is 80.6 Å². The van der Waals surface area contributed by atoms with Crippen LogP contribution in [0.3, 0.4) is 0 Å². The largest absolute Gasteiger partial charge is 0.458 e. The average molecular weight is 355 g/mol. The van der Waals surface area contributed by atoms with Gasteiger partial charge in [0.25, 0.3) is 0 Å². The Kier molecular flexibility index (Phi) is 4.08. The molecule has 5 unspecified atom stereocenters. The fraction of sp³-hybridized carbons (Fsp3) is 0.591. The van der Waals surface area contributed by atoms with Gasteiger partial charge in [-0.3, -0.25) is 0 Å². The zero-order valence-electron chi connectivity index (χ0n) is 14.7. The van der Waals surface area contributed by atoms with Crippen molar-refractivity contribution in [1.29, 1.82) is 0 Å². The summed E-state index contributed by atoms with van der Waals surface area (Å²) in [5.41, 5.74) is 3.31. The van der Waals surface area contributed by atoms with Gasteiger partial charge in [-0.25, -0.2) is 4.79 Å². The van der Waals surface area contributed by atoms with Gasteiger partial charge in [0.15, 0.2) is 0 Å². The van der Waals surface area contributed by atoms with Crippen molar-refractivity contribution in [2.45, 2.75) is 57.5 Å². The Morgan fingerprint density at radius 3 is 2.88 bits per heavy atom. The van der Waals surface area contributed by atoms with E-state index < -0.39 is 0 Å². The lowest BCUT2D eigenvalue weighted by Crippen LogP contribution is -2.43.